The maximum atomic E-state index is 9.40. The van der Waals surface area contributed by atoms with Gasteiger partial charge in [0, 0.05) is 29.6 Å². The highest BCUT2D eigenvalue weighted by Gasteiger charge is 2.22. The molecule has 1 saturated carbocycles. The largest absolute Gasteiger partial charge is 0.445 e. The van der Waals surface area contributed by atoms with Gasteiger partial charge in [-0.15, -0.1) is 0 Å². The zero-order chi connectivity index (χ0) is 15.1. The molecule has 2 aliphatic rings. The zero-order valence-corrected chi connectivity index (χ0v) is 12.1. The quantitative estimate of drug-likeness (QED) is 0.688. The number of aryl methyl sites for hydroxylation is 1. The van der Waals surface area contributed by atoms with Gasteiger partial charge in [0.25, 0.3) is 6.41 Å². The van der Waals surface area contributed by atoms with Crippen LogP contribution in [0.5, 0.6) is 5.75 Å². The molecular weight excluding hydrogens is 282 g/mol. The highest BCUT2D eigenvalue weighted by Crippen LogP contribution is 2.34. The Morgan fingerprint density at radius 2 is 2.23 bits per heavy atom. The molecule has 4 rings (SSSR count). The summed E-state index contributed by atoms with van der Waals surface area (Å²) in [5.74, 6) is 2.00. The molecule has 1 atom stereocenters. The summed E-state index contributed by atoms with van der Waals surface area (Å²) in [4.78, 5) is 8.82. The van der Waals surface area contributed by atoms with Gasteiger partial charge in [-0.25, -0.2) is 4.98 Å². The molecule has 0 bridgehead atoms. The van der Waals surface area contributed by atoms with E-state index in [0.717, 1.165) is 22.8 Å². The van der Waals surface area contributed by atoms with Crippen LogP contribution in [0.3, 0.4) is 0 Å². The van der Waals surface area contributed by atoms with E-state index in [1.54, 1.807) is 12.3 Å². The Labute approximate surface area is 127 Å². The Hall–Kier alpha value is -2.54. The third-order valence-electron chi connectivity index (χ3n) is 3.65. The summed E-state index contributed by atoms with van der Waals surface area (Å²) < 4.78 is 5.24. The molecular formula is C15H17N5O2. The molecule has 0 radical (unpaired) electrons. The van der Waals surface area contributed by atoms with Crippen molar-refractivity contribution >= 4 is 23.1 Å². The second-order valence-electron chi connectivity index (χ2n) is 5.59. The van der Waals surface area contributed by atoms with E-state index < -0.39 is 6.41 Å². The fourth-order valence-corrected chi connectivity index (χ4v) is 2.30. The van der Waals surface area contributed by atoms with Crippen LogP contribution in [-0.4, -0.2) is 27.5 Å². The van der Waals surface area contributed by atoms with Gasteiger partial charge in [-0.1, -0.05) is 0 Å². The molecule has 0 spiro atoms. The molecule has 1 aromatic carbocycles. The summed E-state index contributed by atoms with van der Waals surface area (Å²) in [6.07, 6.45) is 3.21. The van der Waals surface area contributed by atoms with Crippen LogP contribution in [0.4, 0.5) is 23.1 Å². The van der Waals surface area contributed by atoms with Crippen molar-refractivity contribution in [2.75, 3.05) is 16.0 Å². The average molecular weight is 299 g/mol. The first kappa shape index (κ1) is 13.1. The molecule has 1 fully saturated rings. The Bertz CT molecular complexity index is 717. The summed E-state index contributed by atoms with van der Waals surface area (Å²) >= 11 is 0. The van der Waals surface area contributed by atoms with Crippen LogP contribution in [0.25, 0.3) is 0 Å². The molecule has 7 nitrogen and oxygen atoms in total. The highest BCUT2D eigenvalue weighted by atomic mass is 16.6. The minimum atomic E-state index is -0.991. The molecule has 1 unspecified atom stereocenters. The summed E-state index contributed by atoms with van der Waals surface area (Å²) in [6, 6.07) is 6.06. The normalized spacial score (nSPS) is 19.1. The van der Waals surface area contributed by atoms with E-state index in [1.165, 1.54) is 12.8 Å². The van der Waals surface area contributed by atoms with E-state index >= 15 is 0 Å². The van der Waals surface area contributed by atoms with E-state index in [1.807, 2.05) is 19.1 Å². The Morgan fingerprint density at radius 1 is 1.36 bits per heavy atom. The fourth-order valence-electron chi connectivity index (χ4n) is 2.30. The second-order valence-corrected chi connectivity index (χ2v) is 5.59. The highest BCUT2D eigenvalue weighted by molar-refractivity contribution is 5.68. The number of aliphatic hydroxyl groups excluding tert-OH is 1. The maximum absolute atomic E-state index is 9.40. The van der Waals surface area contributed by atoms with Crippen LogP contribution in [-0.2, 0) is 0 Å². The van der Waals surface area contributed by atoms with Crippen molar-refractivity contribution < 1.29 is 9.84 Å². The van der Waals surface area contributed by atoms with Gasteiger partial charge in [-0.2, -0.15) is 4.98 Å². The number of rotatable bonds is 4. The van der Waals surface area contributed by atoms with Gasteiger partial charge >= 0.3 is 0 Å². The summed E-state index contributed by atoms with van der Waals surface area (Å²) in [5, 5.41) is 18.8. The number of ether oxygens (including phenoxy) is 1. The number of nitrogens with one attached hydrogen (secondary N) is 3. The van der Waals surface area contributed by atoms with E-state index in [-0.39, 0.29) is 0 Å². The zero-order valence-electron chi connectivity index (χ0n) is 12.1. The first-order chi connectivity index (χ1) is 10.7. The molecule has 1 aliphatic heterocycles. The molecule has 1 aromatic heterocycles. The molecule has 2 heterocycles. The number of hydrogen-bond donors (Lipinski definition) is 4. The smallest absolute Gasteiger partial charge is 0.279 e. The SMILES string of the molecule is Cc1cnc(Nc2ccc3c(c2)OC(O)N3)nc1NC1CC1. The lowest BCUT2D eigenvalue weighted by atomic mass is 10.2. The number of fused-ring (bicyclic) bond motifs is 1. The lowest BCUT2D eigenvalue weighted by Gasteiger charge is -2.10. The van der Waals surface area contributed by atoms with Crippen LogP contribution < -0.4 is 20.7 Å². The van der Waals surface area contributed by atoms with Crippen LogP contribution in [0.1, 0.15) is 18.4 Å². The Morgan fingerprint density at radius 3 is 3.05 bits per heavy atom. The number of hydrogen-bond acceptors (Lipinski definition) is 7. The van der Waals surface area contributed by atoms with Crippen molar-refractivity contribution in [1.29, 1.82) is 0 Å². The van der Waals surface area contributed by atoms with E-state index in [9.17, 15) is 5.11 Å². The molecule has 1 aliphatic carbocycles. The van der Waals surface area contributed by atoms with E-state index in [0.29, 0.717) is 17.7 Å². The van der Waals surface area contributed by atoms with Gasteiger partial charge < -0.3 is 25.8 Å². The Kier molecular flexibility index (Phi) is 3.00. The minimum Gasteiger partial charge on any atom is -0.445 e. The van der Waals surface area contributed by atoms with E-state index in [2.05, 4.69) is 25.9 Å². The topological polar surface area (TPSA) is 91.3 Å². The summed E-state index contributed by atoms with van der Waals surface area (Å²) in [5.41, 5.74) is 2.59. The van der Waals surface area contributed by atoms with Gasteiger partial charge in [0.05, 0.1) is 5.69 Å². The third kappa shape index (κ3) is 2.62. The van der Waals surface area contributed by atoms with Crippen molar-refractivity contribution in [3.05, 3.63) is 30.0 Å². The average Bonchev–Trinajstić information content (AvgIpc) is 3.22. The van der Waals surface area contributed by atoms with Gasteiger partial charge in [0.2, 0.25) is 5.95 Å². The molecule has 0 amide bonds. The van der Waals surface area contributed by atoms with Gasteiger partial charge in [0.1, 0.15) is 11.6 Å². The van der Waals surface area contributed by atoms with Crippen molar-refractivity contribution in [1.82, 2.24) is 9.97 Å². The molecule has 2 aromatic rings. The van der Waals surface area contributed by atoms with Crippen molar-refractivity contribution in [3.63, 3.8) is 0 Å². The molecule has 114 valence electrons. The van der Waals surface area contributed by atoms with Gasteiger partial charge in [-0.05, 0) is 31.9 Å². The van der Waals surface area contributed by atoms with Crippen LogP contribution in [0.2, 0.25) is 0 Å². The van der Waals surface area contributed by atoms with Crippen molar-refractivity contribution in [3.8, 4) is 5.75 Å². The molecule has 22 heavy (non-hydrogen) atoms. The number of anilines is 4. The first-order valence-electron chi connectivity index (χ1n) is 7.30. The monoisotopic (exact) mass is 299 g/mol. The maximum Gasteiger partial charge on any atom is 0.279 e. The van der Waals surface area contributed by atoms with Crippen LogP contribution >= 0.6 is 0 Å². The predicted octanol–water partition coefficient (Wildman–Crippen LogP) is 2.18. The lowest BCUT2D eigenvalue weighted by Crippen LogP contribution is -2.17. The molecule has 7 heteroatoms. The number of nitrogens with zero attached hydrogens (tertiary/aromatic N) is 2. The number of benzene rings is 1. The molecule has 4 N–H and O–H groups in total. The van der Waals surface area contributed by atoms with Crippen LogP contribution in [0, 0.1) is 6.92 Å². The summed E-state index contributed by atoms with van der Waals surface area (Å²) in [7, 11) is 0. The standard InChI is InChI=1S/C15H17N5O2/c1-8-7-16-14(20-13(8)17-9-2-3-9)18-10-4-5-11-12(6-10)22-15(21)19-11/h4-7,9,15,19,21H,2-3H2,1H3,(H2,16,17,18,20). The molecule has 0 saturated heterocycles. The predicted molar refractivity (Wildman–Crippen MR) is 83.4 cm³/mol. The number of aromatic nitrogens is 2. The third-order valence-corrected chi connectivity index (χ3v) is 3.65. The van der Waals surface area contributed by atoms with E-state index in [4.69, 9.17) is 4.74 Å². The van der Waals surface area contributed by atoms with Gasteiger partial charge in [-0.3, -0.25) is 0 Å². The van der Waals surface area contributed by atoms with Gasteiger partial charge in [0.15, 0.2) is 0 Å². The second kappa shape index (κ2) is 5.03. The van der Waals surface area contributed by atoms with Crippen LogP contribution in [0.15, 0.2) is 24.4 Å². The number of aliphatic hydroxyl groups is 1. The van der Waals surface area contributed by atoms with Crippen molar-refractivity contribution in [2.24, 2.45) is 0 Å². The minimum absolute atomic E-state index is 0.528. The lowest BCUT2D eigenvalue weighted by molar-refractivity contribution is 0.0212. The summed E-state index contributed by atoms with van der Waals surface area (Å²) in [6.45, 7) is 1.99. The first-order valence-corrected chi connectivity index (χ1v) is 7.30. The Balaban J connectivity index is 1.54. The van der Waals surface area contributed by atoms with Crippen molar-refractivity contribution in [2.45, 2.75) is 32.2 Å². The fraction of sp³-hybridized carbons (Fsp3) is 0.333.